The lowest BCUT2D eigenvalue weighted by atomic mass is 10.4. The number of sulfonamides is 1. The Balaban J connectivity index is 3.09. The van der Waals surface area contributed by atoms with Crippen molar-refractivity contribution in [1.82, 2.24) is 14.5 Å². The van der Waals surface area contributed by atoms with Crippen molar-refractivity contribution >= 4 is 16.0 Å². The van der Waals surface area contributed by atoms with Crippen molar-refractivity contribution in [2.24, 2.45) is 0 Å². The summed E-state index contributed by atoms with van der Waals surface area (Å²) in [5.74, 6) is -0.889. The number of hydrogen-bond acceptors (Lipinski definition) is 5. The van der Waals surface area contributed by atoms with Crippen molar-refractivity contribution in [3.8, 4) is 0 Å². The summed E-state index contributed by atoms with van der Waals surface area (Å²) in [6.45, 7) is 0.620. The van der Waals surface area contributed by atoms with Gasteiger partial charge in [-0.05, 0) is 6.92 Å². The molecule has 0 aliphatic carbocycles. The maximum Gasteiger partial charge on any atom is 0.342 e. The van der Waals surface area contributed by atoms with Crippen LogP contribution in [0.3, 0.4) is 0 Å². The van der Waals surface area contributed by atoms with Crippen LogP contribution in [0.15, 0.2) is 11.2 Å². The first-order valence-electron chi connectivity index (χ1n) is 5.25. The van der Waals surface area contributed by atoms with Crippen molar-refractivity contribution in [3.63, 3.8) is 0 Å². The molecule has 0 atom stereocenters. The molecular formula is C9H13F2N3O4S. The quantitative estimate of drug-likeness (QED) is 0.771. The van der Waals surface area contributed by atoms with E-state index in [1.807, 2.05) is 0 Å². The lowest BCUT2D eigenvalue weighted by molar-refractivity contribution is 0.0521. The topological polar surface area (TPSA) is 92.4 Å². The molecular weight excluding hydrogens is 284 g/mol. The van der Waals surface area contributed by atoms with Gasteiger partial charge in [-0.25, -0.2) is 22.0 Å². The summed E-state index contributed by atoms with van der Waals surface area (Å²) in [5, 5.41) is 4.99. The summed E-state index contributed by atoms with van der Waals surface area (Å²) in [7, 11) is -3.27. The first kappa shape index (κ1) is 15.5. The molecule has 1 aromatic rings. The van der Waals surface area contributed by atoms with Gasteiger partial charge >= 0.3 is 5.97 Å². The highest BCUT2D eigenvalue weighted by Gasteiger charge is 2.30. The molecule has 0 spiro atoms. The first-order valence-corrected chi connectivity index (χ1v) is 6.69. The minimum absolute atomic E-state index is 0.0520. The second kappa shape index (κ2) is 6.06. The van der Waals surface area contributed by atoms with Gasteiger partial charge in [0, 0.05) is 7.05 Å². The molecule has 1 heterocycles. The van der Waals surface area contributed by atoms with Crippen LogP contribution in [0.4, 0.5) is 8.78 Å². The molecule has 0 fully saturated rings. The fourth-order valence-electron chi connectivity index (χ4n) is 1.27. The van der Waals surface area contributed by atoms with Crippen LogP contribution in [0.5, 0.6) is 0 Å². The van der Waals surface area contributed by atoms with Gasteiger partial charge in [0.25, 0.3) is 16.4 Å². The van der Waals surface area contributed by atoms with E-state index in [4.69, 9.17) is 0 Å². The summed E-state index contributed by atoms with van der Waals surface area (Å²) >= 11 is 0. The number of alkyl halides is 2. The molecule has 10 heteroatoms. The van der Waals surface area contributed by atoms with Crippen molar-refractivity contribution in [3.05, 3.63) is 11.8 Å². The zero-order valence-electron chi connectivity index (χ0n) is 10.3. The number of ether oxygens (including phenoxy) is 1. The number of nitrogens with one attached hydrogen (secondary N) is 1. The summed E-state index contributed by atoms with van der Waals surface area (Å²) in [6.07, 6.45) is -1.85. The highest BCUT2D eigenvalue weighted by molar-refractivity contribution is 7.89. The van der Waals surface area contributed by atoms with Gasteiger partial charge in [0.05, 0.1) is 19.3 Å². The molecule has 0 bridgehead atoms. The van der Waals surface area contributed by atoms with Crippen LogP contribution >= 0.6 is 0 Å². The number of hydrogen-bond donors (Lipinski definition) is 1. The maximum absolute atomic E-state index is 12.2. The molecule has 0 saturated heterocycles. The van der Waals surface area contributed by atoms with Crippen molar-refractivity contribution < 1.29 is 26.7 Å². The number of esters is 1. The average molecular weight is 297 g/mol. The normalized spacial score (nSPS) is 12.1. The van der Waals surface area contributed by atoms with E-state index in [1.54, 1.807) is 6.92 Å². The van der Waals surface area contributed by atoms with Gasteiger partial charge in [0.15, 0.2) is 5.03 Å². The zero-order valence-corrected chi connectivity index (χ0v) is 11.1. The van der Waals surface area contributed by atoms with Gasteiger partial charge in [-0.2, -0.15) is 9.40 Å². The molecule has 0 saturated carbocycles. The van der Waals surface area contributed by atoms with E-state index in [0.717, 1.165) is 13.2 Å². The first-order chi connectivity index (χ1) is 8.80. The number of aromatic nitrogens is 2. The maximum atomic E-state index is 12.2. The second-order valence-electron chi connectivity index (χ2n) is 3.51. The molecule has 19 heavy (non-hydrogen) atoms. The standard InChI is InChI=1S/C9H13F2N3O4S/c1-3-18-9(15)6-4-12-13-8(6)19(16,17)14(2)5-7(10)11/h4,7H,3,5H2,1-2H3,(H,12,13). The smallest absolute Gasteiger partial charge is 0.342 e. The highest BCUT2D eigenvalue weighted by atomic mass is 32.2. The Kier molecular flexibility index (Phi) is 4.95. The molecule has 1 N–H and O–H groups in total. The van der Waals surface area contributed by atoms with E-state index in [9.17, 15) is 22.0 Å². The van der Waals surface area contributed by atoms with Crippen LogP contribution in [-0.2, 0) is 14.8 Å². The molecule has 0 radical (unpaired) electrons. The van der Waals surface area contributed by atoms with Gasteiger partial charge < -0.3 is 4.74 Å². The van der Waals surface area contributed by atoms with E-state index in [1.165, 1.54) is 0 Å². The second-order valence-corrected chi connectivity index (χ2v) is 5.49. The van der Waals surface area contributed by atoms with Gasteiger partial charge in [0.2, 0.25) is 0 Å². The predicted octanol–water partition coefficient (Wildman–Crippen LogP) is 0.472. The van der Waals surface area contributed by atoms with E-state index in [0.29, 0.717) is 4.31 Å². The Labute approximate surface area is 108 Å². The Morgan fingerprint density at radius 3 is 2.74 bits per heavy atom. The fourth-order valence-corrected chi connectivity index (χ4v) is 2.48. The summed E-state index contributed by atoms with van der Waals surface area (Å²) < 4.78 is 53.5. The van der Waals surface area contributed by atoms with Crippen LogP contribution in [0.1, 0.15) is 17.3 Å². The molecule has 0 amide bonds. The van der Waals surface area contributed by atoms with Gasteiger partial charge in [-0.1, -0.05) is 0 Å². The third-order valence-corrected chi connectivity index (χ3v) is 3.96. The molecule has 0 unspecified atom stereocenters. The number of carbonyl (C=O) groups is 1. The van der Waals surface area contributed by atoms with Crippen LogP contribution in [-0.4, -0.2) is 55.5 Å². The SMILES string of the molecule is CCOC(=O)c1cn[nH]c1S(=O)(=O)N(C)CC(F)F. The van der Waals surface area contributed by atoms with Crippen molar-refractivity contribution in [1.29, 1.82) is 0 Å². The Bertz CT molecular complexity index is 543. The van der Waals surface area contributed by atoms with E-state index in [-0.39, 0.29) is 12.2 Å². The number of aromatic amines is 1. The van der Waals surface area contributed by atoms with E-state index < -0.39 is 34.0 Å². The van der Waals surface area contributed by atoms with Crippen molar-refractivity contribution in [2.45, 2.75) is 18.4 Å². The fraction of sp³-hybridized carbons (Fsp3) is 0.556. The van der Waals surface area contributed by atoms with Gasteiger partial charge in [0.1, 0.15) is 5.56 Å². The van der Waals surface area contributed by atoms with Crippen LogP contribution < -0.4 is 0 Å². The van der Waals surface area contributed by atoms with Crippen LogP contribution in [0, 0.1) is 0 Å². The third kappa shape index (κ3) is 3.47. The summed E-state index contributed by atoms with van der Waals surface area (Å²) in [6, 6.07) is 0. The third-order valence-electron chi connectivity index (χ3n) is 2.16. The van der Waals surface area contributed by atoms with Gasteiger partial charge in [-0.3, -0.25) is 5.10 Å². The largest absolute Gasteiger partial charge is 0.462 e. The number of halogens is 2. The van der Waals surface area contributed by atoms with Crippen LogP contribution in [0.25, 0.3) is 0 Å². The Morgan fingerprint density at radius 1 is 1.58 bits per heavy atom. The molecule has 108 valence electrons. The van der Waals surface area contributed by atoms with Gasteiger partial charge in [-0.15, -0.1) is 0 Å². The van der Waals surface area contributed by atoms with E-state index in [2.05, 4.69) is 14.9 Å². The molecule has 7 nitrogen and oxygen atoms in total. The number of carbonyl (C=O) groups excluding carboxylic acids is 1. The highest BCUT2D eigenvalue weighted by Crippen LogP contribution is 2.18. The minimum atomic E-state index is -4.25. The Hall–Kier alpha value is -1.55. The molecule has 0 aromatic carbocycles. The van der Waals surface area contributed by atoms with Crippen molar-refractivity contribution in [2.75, 3.05) is 20.2 Å². The monoisotopic (exact) mass is 297 g/mol. The zero-order chi connectivity index (χ0) is 14.6. The molecule has 1 rings (SSSR count). The molecule has 0 aliphatic heterocycles. The number of H-pyrrole nitrogens is 1. The Morgan fingerprint density at radius 2 is 2.21 bits per heavy atom. The van der Waals surface area contributed by atoms with E-state index >= 15 is 0 Å². The predicted molar refractivity (Wildman–Crippen MR) is 60.4 cm³/mol. The summed E-state index contributed by atoms with van der Waals surface area (Å²) in [5.41, 5.74) is -0.317. The lowest BCUT2D eigenvalue weighted by Gasteiger charge is -2.15. The average Bonchev–Trinajstić information content (AvgIpc) is 2.77. The lowest BCUT2D eigenvalue weighted by Crippen LogP contribution is -2.32. The number of rotatable bonds is 6. The minimum Gasteiger partial charge on any atom is -0.462 e. The molecule has 0 aliphatic rings. The van der Waals surface area contributed by atoms with Crippen LogP contribution in [0.2, 0.25) is 0 Å². The summed E-state index contributed by atoms with van der Waals surface area (Å²) in [4.78, 5) is 11.5. The number of nitrogens with zero attached hydrogens (tertiary/aromatic N) is 2. The molecule has 1 aromatic heterocycles.